The zero-order valence-corrected chi connectivity index (χ0v) is 14.3. The van der Waals surface area contributed by atoms with Crippen molar-refractivity contribution in [1.82, 2.24) is 19.9 Å². The maximum atomic E-state index is 11.8. The van der Waals surface area contributed by atoms with E-state index in [-0.39, 0.29) is 11.9 Å². The van der Waals surface area contributed by atoms with Crippen LogP contribution < -0.4 is 5.32 Å². The Kier molecular flexibility index (Phi) is 4.78. The molecule has 0 radical (unpaired) electrons. The average Bonchev–Trinajstić information content (AvgIpc) is 2.94. The number of nitrogens with zero attached hydrogens (tertiary/aromatic N) is 3. The van der Waals surface area contributed by atoms with Gasteiger partial charge in [0.25, 0.3) is 0 Å². The van der Waals surface area contributed by atoms with Crippen LogP contribution in [0.15, 0.2) is 12.1 Å². The molecular weight excluding hydrogens is 320 g/mol. The minimum atomic E-state index is -0.527. The van der Waals surface area contributed by atoms with Gasteiger partial charge in [0.15, 0.2) is 5.65 Å². The molecule has 1 atom stereocenters. The monoisotopic (exact) mass is 344 g/mol. The number of carbonyl (C=O) groups is 1. The van der Waals surface area contributed by atoms with Crippen molar-refractivity contribution in [2.75, 3.05) is 26.3 Å². The number of aliphatic hydroxyl groups excluding tert-OH is 1. The molecule has 0 bridgehead atoms. The van der Waals surface area contributed by atoms with Crippen LogP contribution in [-0.4, -0.2) is 57.8 Å². The van der Waals surface area contributed by atoms with Crippen LogP contribution in [0.5, 0.6) is 0 Å². The first-order valence-electron chi connectivity index (χ1n) is 9.07. The summed E-state index contributed by atoms with van der Waals surface area (Å²) in [7, 11) is 0. The fraction of sp³-hybridized carbons (Fsp3) is 0.611. The zero-order valence-electron chi connectivity index (χ0n) is 14.3. The third kappa shape index (κ3) is 3.44. The van der Waals surface area contributed by atoms with Gasteiger partial charge in [-0.25, -0.2) is 9.97 Å². The van der Waals surface area contributed by atoms with Gasteiger partial charge in [-0.05, 0) is 50.4 Å². The number of nitrogens with one attached hydrogen (secondary N) is 1. The lowest BCUT2D eigenvalue weighted by molar-refractivity contribution is -0.0591. The van der Waals surface area contributed by atoms with Crippen molar-refractivity contribution in [1.29, 1.82) is 0 Å². The van der Waals surface area contributed by atoms with Crippen LogP contribution in [0.4, 0.5) is 0 Å². The highest BCUT2D eigenvalue weighted by molar-refractivity contribution is 5.96. The van der Waals surface area contributed by atoms with E-state index in [1.165, 1.54) is 0 Å². The quantitative estimate of drug-likeness (QED) is 0.758. The number of fused-ring (bicyclic) bond motifs is 1. The van der Waals surface area contributed by atoms with Crippen LogP contribution in [0.2, 0.25) is 0 Å². The Morgan fingerprint density at radius 3 is 2.76 bits per heavy atom. The number of ketones is 1. The lowest BCUT2D eigenvalue weighted by Crippen LogP contribution is -2.33. The molecular formula is C18H24N4O3. The minimum Gasteiger partial charge on any atom is -0.388 e. The molecule has 2 aliphatic rings. The number of carbonyl (C=O) groups excluding carboxylic acids is 1. The van der Waals surface area contributed by atoms with Crippen LogP contribution in [0, 0.1) is 5.92 Å². The summed E-state index contributed by atoms with van der Waals surface area (Å²) in [6.07, 6.45) is 4.48. The minimum absolute atomic E-state index is 0.197. The van der Waals surface area contributed by atoms with Crippen molar-refractivity contribution < 1.29 is 14.6 Å². The van der Waals surface area contributed by atoms with Gasteiger partial charge < -0.3 is 19.7 Å². The van der Waals surface area contributed by atoms with Gasteiger partial charge in [0, 0.05) is 13.0 Å². The fourth-order valence-electron chi connectivity index (χ4n) is 3.61. The summed E-state index contributed by atoms with van der Waals surface area (Å²) in [5.41, 5.74) is 1.82. The standard InChI is InChI=1S/C18H24N4O3/c23-11-16(24)14-1-2-15-18(21-14)22(10-13-5-8-25-13)17(20-15)9-12-3-6-19-7-4-12/h1-2,12-13,19,23H,3-11H2/t13-/m0/s1. The van der Waals surface area contributed by atoms with E-state index in [1.807, 2.05) is 6.07 Å². The third-order valence-corrected chi connectivity index (χ3v) is 5.21. The molecule has 25 heavy (non-hydrogen) atoms. The van der Waals surface area contributed by atoms with E-state index in [1.54, 1.807) is 6.07 Å². The number of ether oxygens (including phenoxy) is 1. The van der Waals surface area contributed by atoms with Crippen molar-refractivity contribution >= 4 is 16.9 Å². The Labute approximate surface area is 146 Å². The second-order valence-electron chi connectivity index (χ2n) is 6.94. The summed E-state index contributed by atoms with van der Waals surface area (Å²) in [5, 5.41) is 12.5. The molecule has 2 saturated heterocycles. The van der Waals surface area contributed by atoms with Crippen LogP contribution in [0.3, 0.4) is 0 Å². The normalized spacial score (nSPS) is 21.4. The van der Waals surface area contributed by atoms with Crippen LogP contribution in [0.1, 0.15) is 35.6 Å². The summed E-state index contributed by atoms with van der Waals surface area (Å²) in [6.45, 7) is 3.12. The first-order chi connectivity index (χ1) is 12.2. The van der Waals surface area contributed by atoms with Crippen molar-refractivity contribution in [2.24, 2.45) is 5.92 Å². The maximum Gasteiger partial charge on any atom is 0.206 e. The van der Waals surface area contributed by atoms with Gasteiger partial charge in [-0.3, -0.25) is 4.79 Å². The van der Waals surface area contributed by atoms with Crippen LogP contribution >= 0.6 is 0 Å². The molecule has 7 nitrogen and oxygen atoms in total. The Morgan fingerprint density at radius 2 is 2.08 bits per heavy atom. The number of piperidine rings is 1. The predicted molar refractivity (Wildman–Crippen MR) is 92.6 cm³/mol. The second kappa shape index (κ2) is 7.19. The van der Waals surface area contributed by atoms with Gasteiger partial charge in [-0.1, -0.05) is 0 Å². The molecule has 2 N–H and O–H groups in total. The van der Waals surface area contributed by atoms with E-state index in [9.17, 15) is 4.79 Å². The lowest BCUT2D eigenvalue weighted by atomic mass is 9.94. The van der Waals surface area contributed by atoms with Gasteiger partial charge in [0.1, 0.15) is 23.6 Å². The van der Waals surface area contributed by atoms with E-state index in [0.29, 0.717) is 11.6 Å². The summed E-state index contributed by atoms with van der Waals surface area (Å²) >= 11 is 0. The van der Waals surface area contributed by atoms with Crippen molar-refractivity contribution in [3.63, 3.8) is 0 Å². The Hall–Kier alpha value is -1.83. The van der Waals surface area contributed by atoms with Gasteiger partial charge in [-0.2, -0.15) is 0 Å². The number of aromatic nitrogens is 3. The summed E-state index contributed by atoms with van der Waals surface area (Å²) in [5.74, 6) is 1.28. The topological polar surface area (TPSA) is 89.3 Å². The molecule has 2 fully saturated rings. The smallest absolute Gasteiger partial charge is 0.206 e. The Balaban J connectivity index is 1.69. The van der Waals surface area contributed by atoms with E-state index in [0.717, 1.165) is 68.9 Å². The number of hydrogen-bond donors (Lipinski definition) is 2. The molecule has 2 aromatic heterocycles. The zero-order chi connectivity index (χ0) is 17.2. The van der Waals surface area contributed by atoms with Crippen molar-refractivity contribution in [3.05, 3.63) is 23.7 Å². The van der Waals surface area contributed by atoms with Crippen LogP contribution in [-0.2, 0) is 17.7 Å². The SMILES string of the molecule is O=C(CO)c1ccc2nc(CC3CCNCC3)n(C[C@@H]3CCO3)c2n1. The summed E-state index contributed by atoms with van der Waals surface area (Å²) in [4.78, 5) is 21.1. The number of hydrogen-bond acceptors (Lipinski definition) is 6. The Morgan fingerprint density at radius 1 is 1.28 bits per heavy atom. The molecule has 134 valence electrons. The fourth-order valence-corrected chi connectivity index (χ4v) is 3.61. The highest BCUT2D eigenvalue weighted by atomic mass is 16.5. The highest BCUT2D eigenvalue weighted by Crippen LogP contribution is 2.24. The third-order valence-electron chi connectivity index (χ3n) is 5.21. The molecule has 2 aliphatic heterocycles. The van der Waals surface area contributed by atoms with Crippen molar-refractivity contribution in [3.8, 4) is 0 Å². The molecule has 4 rings (SSSR count). The molecule has 0 spiro atoms. The molecule has 2 aromatic rings. The van der Waals surface area contributed by atoms with Gasteiger partial charge in [0.05, 0.1) is 12.6 Å². The number of imidazole rings is 1. The second-order valence-corrected chi connectivity index (χ2v) is 6.94. The molecule has 0 unspecified atom stereocenters. The van der Waals surface area contributed by atoms with Crippen molar-refractivity contribution in [2.45, 2.75) is 38.3 Å². The molecule has 4 heterocycles. The number of pyridine rings is 1. The first kappa shape index (κ1) is 16.6. The molecule has 7 heteroatoms. The number of Topliss-reactive ketones (excluding diaryl/α,β-unsaturated/α-hetero) is 1. The molecule has 0 amide bonds. The van der Waals surface area contributed by atoms with E-state index >= 15 is 0 Å². The summed E-state index contributed by atoms with van der Waals surface area (Å²) < 4.78 is 7.72. The highest BCUT2D eigenvalue weighted by Gasteiger charge is 2.24. The molecule has 0 aliphatic carbocycles. The Bertz CT molecular complexity index is 763. The van der Waals surface area contributed by atoms with E-state index < -0.39 is 6.61 Å². The largest absolute Gasteiger partial charge is 0.388 e. The van der Waals surface area contributed by atoms with Gasteiger partial charge in [0.2, 0.25) is 5.78 Å². The maximum absolute atomic E-state index is 11.8. The predicted octanol–water partition coefficient (Wildman–Crippen LogP) is 0.937. The van der Waals surface area contributed by atoms with Gasteiger partial charge >= 0.3 is 0 Å². The number of aliphatic hydroxyl groups is 1. The molecule has 0 aromatic carbocycles. The number of rotatable bonds is 6. The average molecular weight is 344 g/mol. The van der Waals surface area contributed by atoms with Gasteiger partial charge in [-0.15, -0.1) is 0 Å². The van der Waals surface area contributed by atoms with E-state index in [2.05, 4.69) is 14.9 Å². The molecule has 0 saturated carbocycles. The first-order valence-corrected chi connectivity index (χ1v) is 9.07. The van der Waals surface area contributed by atoms with E-state index in [4.69, 9.17) is 14.8 Å². The lowest BCUT2D eigenvalue weighted by Gasteiger charge is -2.28. The summed E-state index contributed by atoms with van der Waals surface area (Å²) in [6, 6.07) is 3.47. The van der Waals surface area contributed by atoms with Crippen LogP contribution in [0.25, 0.3) is 11.2 Å².